The van der Waals surface area contributed by atoms with Gasteiger partial charge in [-0.05, 0) is 49.9 Å². The zero-order valence-corrected chi connectivity index (χ0v) is 12.7. The molecule has 1 fully saturated rings. The largest absolute Gasteiger partial charge is 0.382 e. The van der Waals surface area contributed by atoms with Crippen LogP contribution in [0.1, 0.15) is 24.0 Å². The van der Waals surface area contributed by atoms with Crippen molar-refractivity contribution in [2.24, 2.45) is 0 Å². The topological polar surface area (TPSA) is 29.1 Å². The molecule has 94 valence electrons. The van der Waals surface area contributed by atoms with E-state index in [1.165, 1.54) is 16.8 Å². The van der Waals surface area contributed by atoms with Crippen molar-refractivity contribution in [3.8, 4) is 0 Å². The molecule has 0 saturated carbocycles. The minimum atomic E-state index is -0.581. The molecule has 0 amide bonds. The van der Waals surface area contributed by atoms with Crippen LogP contribution >= 0.6 is 15.9 Å². The number of rotatable bonds is 2. The molecule has 0 unspecified atom stereocenters. The molecule has 0 aliphatic carbocycles. The van der Waals surface area contributed by atoms with Crippen molar-refractivity contribution in [3.63, 3.8) is 0 Å². The maximum Gasteiger partial charge on any atom is 0.0402 e. The van der Waals surface area contributed by atoms with Crippen molar-refractivity contribution in [3.05, 3.63) is 27.7 Å². The van der Waals surface area contributed by atoms with Crippen LogP contribution in [0.4, 0.5) is 5.69 Å². The molecule has 4 heteroatoms. The highest BCUT2D eigenvalue weighted by Gasteiger charge is 2.18. The maximum atomic E-state index is 11.3. The second kappa shape index (κ2) is 5.53. The molecule has 0 atom stereocenters. The minimum Gasteiger partial charge on any atom is -0.382 e. The number of anilines is 1. The van der Waals surface area contributed by atoms with Gasteiger partial charge in [-0.25, -0.2) is 0 Å². The van der Waals surface area contributed by atoms with Crippen LogP contribution in [0.25, 0.3) is 0 Å². The molecular formula is C13H18BrNOS. The van der Waals surface area contributed by atoms with E-state index in [-0.39, 0.29) is 0 Å². The second-order valence-electron chi connectivity index (χ2n) is 4.68. The van der Waals surface area contributed by atoms with Gasteiger partial charge in [-0.2, -0.15) is 0 Å². The van der Waals surface area contributed by atoms with Crippen LogP contribution < -0.4 is 5.32 Å². The number of aryl methyl sites for hydroxylation is 2. The smallest absolute Gasteiger partial charge is 0.0402 e. The highest BCUT2D eigenvalue weighted by Crippen LogP contribution is 2.27. The Labute approximate surface area is 114 Å². The average molecular weight is 316 g/mol. The van der Waals surface area contributed by atoms with E-state index in [9.17, 15) is 4.21 Å². The van der Waals surface area contributed by atoms with Gasteiger partial charge in [-0.15, -0.1) is 0 Å². The lowest BCUT2D eigenvalue weighted by Gasteiger charge is -2.25. The van der Waals surface area contributed by atoms with Crippen molar-refractivity contribution < 1.29 is 4.21 Å². The summed E-state index contributed by atoms with van der Waals surface area (Å²) < 4.78 is 12.4. The Balaban J connectivity index is 2.11. The van der Waals surface area contributed by atoms with Gasteiger partial charge in [-0.1, -0.05) is 15.9 Å². The van der Waals surface area contributed by atoms with E-state index in [0.717, 1.165) is 28.8 Å². The molecule has 0 radical (unpaired) electrons. The summed E-state index contributed by atoms with van der Waals surface area (Å²) in [6.45, 7) is 4.25. The Morgan fingerprint density at radius 1 is 1.24 bits per heavy atom. The molecule has 1 N–H and O–H groups in total. The van der Waals surface area contributed by atoms with Crippen molar-refractivity contribution >= 4 is 32.4 Å². The van der Waals surface area contributed by atoms with Gasteiger partial charge in [-0.3, -0.25) is 4.21 Å². The molecule has 0 bridgehead atoms. The van der Waals surface area contributed by atoms with E-state index in [0.29, 0.717) is 6.04 Å². The first-order valence-corrected chi connectivity index (χ1v) is 8.22. The van der Waals surface area contributed by atoms with Crippen LogP contribution in [0.2, 0.25) is 0 Å². The van der Waals surface area contributed by atoms with Gasteiger partial charge in [0.25, 0.3) is 0 Å². The Bertz CT molecular complexity index is 414. The highest BCUT2D eigenvalue weighted by molar-refractivity contribution is 9.10. The van der Waals surface area contributed by atoms with Gasteiger partial charge in [0.15, 0.2) is 0 Å². The Hall–Kier alpha value is -0.350. The zero-order valence-electron chi connectivity index (χ0n) is 10.3. The molecule has 1 aliphatic heterocycles. The first kappa shape index (κ1) is 13.1. The summed E-state index contributed by atoms with van der Waals surface area (Å²) >= 11 is 3.51. The number of benzene rings is 1. The third-order valence-corrected chi connectivity index (χ3v) is 5.07. The van der Waals surface area contributed by atoms with Crippen molar-refractivity contribution in [2.75, 3.05) is 16.8 Å². The van der Waals surface area contributed by atoms with Crippen LogP contribution in [0.5, 0.6) is 0 Å². The van der Waals surface area contributed by atoms with Gasteiger partial charge in [0.1, 0.15) is 0 Å². The summed E-state index contributed by atoms with van der Waals surface area (Å²) in [5, 5.41) is 3.61. The van der Waals surface area contributed by atoms with Crippen LogP contribution in [-0.2, 0) is 10.8 Å². The Kier molecular flexibility index (Phi) is 4.26. The molecule has 1 heterocycles. The number of hydrogen-bond acceptors (Lipinski definition) is 2. The normalized spacial score (nSPS) is 24.6. The molecule has 1 saturated heterocycles. The number of nitrogens with one attached hydrogen (secondary N) is 1. The van der Waals surface area contributed by atoms with E-state index >= 15 is 0 Å². The fourth-order valence-electron chi connectivity index (χ4n) is 2.28. The molecule has 0 aromatic heterocycles. The van der Waals surface area contributed by atoms with Crippen molar-refractivity contribution in [1.82, 2.24) is 0 Å². The van der Waals surface area contributed by atoms with Gasteiger partial charge in [0, 0.05) is 38.5 Å². The summed E-state index contributed by atoms with van der Waals surface area (Å²) in [5.41, 5.74) is 3.78. The summed E-state index contributed by atoms with van der Waals surface area (Å²) in [4.78, 5) is 0. The fourth-order valence-corrected chi connectivity index (χ4v) is 4.27. The van der Waals surface area contributed by atoms with Crippen molar-refractivity contribution in [1.29, 1.82) is 0 Å². The molecule has 1 aromatic carbocycles. The summed E-state index contributed by atoms with van der Waals surface area (Å²) in [6, 6.07) is 4.75. The van der Waals surface area contributed by atoms with Crippen LogP contribution in [0.3, 0.4) is 0 Å². The van der Waals surface area contributed by atoms with E-state index in [2.05, 4.69) is 47.2 Å². The monoisotopic (exact) mass is 315 g/mol. The van der Waals surface area contributed by atoms with Crippen LogP contribution in [-0.4, -0.2) is 21.8 Å². The SMILES string of the molecule is Cc1cc(Br)cc(C)c1NC1CCS(=O)CC1. The highest BCUT2D eigenvalue weighted by atomic mass is 79.9. The predicted molar refractivity (Wildman–Crippen MR) is 78.1 cm³/mol. The first-order valence-electron chi connectivity index (χ1n) is 5.94. The number of hydrogen-bond donors (Lipinski definition) is 1. The predicted octanol–water partition coefficient (Wildman–Crippen LogP) is 3.39. The van der Waals surface area contributed by atoms with Gasteiger partial charge in [0.05, 0.1) is 0 Å². The Morgan fingerprint density at radius 2 is 1.76 bits per heavy atom. The van der Waals surface area contributed by atoms with Crippen LogP contribution in [0, 0.1) is 13.8 Å². The molecule has 2 nitrogen and oxygen atoms in total. The number of halogens is 1. The van der Waals surface area contributed by atoms with Crippen LogP contribution in [0.15, 0.2) is 16.6 Å². The second-order valence-corrected chi connectivity index (χ2v) is 7.29. The molecule has 17 heavy (non-hydrogen) atoms. The summed E-state index contributed by atoms with van der Waals surface area (Å²) in [7, 11) is -0.581. The molecule has 0 spiro atoms. The maximum absolute atomic E-state index is 11.3. The van der Waals surface area contributed by atoms with E-state index in [4.69, 9.17) is 0 Å². The third kappa shape index (κ3) is 3.32. The molecule has 1 aromatic rings. The molecule has 2 rings (SSSR count). The summed E-state index contributed by atoms with van der Waals surface area (Å²) in [5.74, 6) is 1.68. The lowest BCUT2D eigenvalue weighted by atomic mass is 10.1. The lowest BCUT2D eigenvalue weighted by Crippen LogP contribution is -2.29. The van der Waals surface area contributed by atoms with E-state index in [1.807, 2.05) is 0 Å². The van der Waals surface area contributed by atoms with Gasteiger partial charge >= 0.3 is 0 Å². The van der Waals surface area contributed by atoms with E-state index < -0.39 is 10.8 Å². The van der Waals surface area contributed by atoms with E-state index in [1.54, 1.807) is 0 Å². The van der Waals surface area contributed by atoms with Gasteiger partial charge in [0.2, 0.25) is 0 Å². The van der Waals surface area contributed by atoms with Gasteiger partial charge < -0.3 is 5.32 Å². The molecular weight excluding hydrogens is 298 g/mol. The minimum absolute atomic E-state index is 0.478. The zero-order chi connectivity index (χ0) is 12.4. The quantitative estimate of drug-likeness (QED) is 0.906. The molecule has 1 aliphatic rings. The average Bonchev–Trinajstić information content (AvgIpc) is 2.26. The van der Waals surface area contributed by atoms with Crippen molar-refractivity contribution in [2.45, 2.75) is 32.7 Å². The lowest BCUT2D eigenvalue weighted by molar-refractivity contribution is 0.623. The Morgan fingerprint density at radius 3 is 2.29 bits per heavy atom. The fraction of sp³-hybridized carbons (Fsp3) is 0.538. The standard InChI is InChI=1S/C13H18BrNOS/c1-9-7-11(14)8-10(2)13(9)15-12-3-5-17(16)6-4-12/h7-8,12,15H,3-6H2,1-2H3. The first-order chi connectivity index (χ1) is 8.06. The third-order valence-electron chi connectivity index (χ3n) is 3.23. The summed E-state index contributed by atoms with van der Waals surface area (Å²) in [6.07, 6.45) is 2.03.